The van der Waals surface area contributed by atoms with Crippen LogP contribution in [0.2, 0.25) is 15.1 Å². The highest BCUT2D eigenvalue weighted by Crippen LogP contribution is 2.28. The number of benzene rings is 3. The standard InChI is InChI=1S/C29H32Cl3N3O4S/c1-4-20(2)33-29(37)27(17-21-9-6-5-7-10-21)35(18-24-25(31)11-8-12-26(24)32)28(36)19-34(3)40(38,39)23-15-13-22(30)14-16-23/h5-16,20,27H,4,17-19H2,1-3H3,(H,33,37). The van der Waals surface area contributed by atoms with Crippen molar-refractivity contribution in [3.8, 4) is 0 Å². The minimum Gasteiger partial charge on any atom is -0.352 e. The van der Waals surface area contributed by atoms with Crippen LogP contribution < -0.4 is 5.32 Å². The van der Waals surface area contributed by atoms with Crippen LogP contribution in [-0.2, 0) is 32.6 Å². The molecule has 3 rings (SSSR count). The van der Waals surface area contributed by atoms with Crippen molar-refractivity contribution in [3.63, 3.8) is 0 Å². The molecule has 0 aliphatic rings. The van der Waals surface area contributed by atoms with E-state index in [1.54, 1.807) is 18.2 Å². The van der Waals surface area contributed by atoms with Crippen LogP contribution in [0.4, 0.5) is 0 Å². The number of hydrogen-bond donors (Lipinski definition) is 1. The summed E-state index contributed by atoms with van der Waals surface area (Å²) in [6.45, 7) is 3.20. The van der Waals surface area contributed by atoms with Crippen molar-refractivity contribution in [3.05, 3.63) is 99.0 Å². The summed E-state index contributed by atoms with van der Waals surface area (Å²) in [7, 11) is -2.71. The number of sulfonamides is 1. The van der Waals surface area contributed by atoms with Gasteiger partial charge in [0.2, 0.25) is 21.8 Å². The number of nitrogens with zero attached hydrogens (tertiary/aromatic N) is 2. The third-order valence-electron chi connectivity index (χ3n) is 6.54. The molecule has 3 aromatic rings. The van der Waals surface area contributed by atoms with Crippen LogP contribution in [0.25, 0.3) is 0 Å². The predicted molar refractivity (Wildman–Crippen MR) is 160 cm³/mol. The van der Waals surface area contributed by atoms with Crippen LogP contribution in [0.15, 0.2) is 77.7 Å². The van der Waals surface area contributed by atoms with Crippen LogP contribution >= 0.6 is 34.8 Å². The Balaban J connectivity index is 2.02. The van der Waals surface area contributed by atoms with Crippen molar-refractivity contribution in [2.45, 2.75) is 50.2 Å². The first-order valence-corrected chi connectivity index (χ1v) is 15.3. The number of nitrogens with one attached hydrogen (secondary N) is 1. The van der Waals surface area contributed by atoms with Crippen molar-refractivity contribution >= 4 is 56.6 Å². The first kappa shape index (κ1) is 31.9. The van der Waals surface area contributed by atoms with Gasteiger partial charge in [0.05, 0.1) is 11.4 Å². The lowest BCUT2D eigenvalue weighted by molar-refractivity contribution is -0.141. The van der Waals surface area contributed by atoms with E-state index in [0.29, 0.717) is 27.1 Å². The second-order valence-corrected chi connectivity index (χ2v) is 12.8. The quantitative estimate of drug-likeness (QED) is 0.275. The summed E-state index contributed by atoms with van der Waals surface area (Å²) in [4.78, 5) is 28.9. The lowest BCUT2D eigenvalue weighted by Gasteiger charge is -2.33. The fraction of sp³-hybridized carbons (Fsp3) is 0.310. The normalized spacial score (nSPS) is 13.1. The summed E-state index contributed by atoms with van der Waals surface area (Å²) in [5.41, 5.74) is 1.29. The summed E-state index contributed by atoms with van der Waals surface area (Å²) in [5, 5.41) is 4.01. The summed E-state index contributed by atoms with van der Waals surface area (Å²) < 4.78 is 27.4. The summed E-state index contributed by atoms with van der Waals surface area (Å²) >= 11 is 18.8. The van der Waals surface area contributed by atoms with E-state index in [1.165, 1.54) is 36.2 Å². The molecule has 3 aromatic carbocycles. The van der Waals surface area contributed by atoms with Gasteiger partial charge < -0.3 is 10.2 Å². The number of carbonyl (C=O) groups excluding carboxylic acids is 2. The van der Waals surface area contributed by atoms with E-state index in [2.05, 4.69) is 5.32 Å². The van der Waals surface area contributed by atoms with Crippen LogP contribution in [0, 0.1) is 0 Å². The Kier molecular flexibility index (Phi) is 11.4. The molecule has 0 spiro atoms. The van der Waals surface area contributed by atoms with Crippen molar-refractivity contribution in [1.29, 1.82) is 0 Å². The zero-order chi connectivity index (χ0) is 29.4. The van der Waals surface area contributed by atoms with Crippen molar-refractivity contribution in [2.24, 2.45) is 0 Å². The molecule has 7 nitrogen and oxygen atoms in total. The third-order valence-corrected chi connectivity index (χ3v) is 9.32. The van der Waals surface area contributed by atoms with E-state index in [1.807, 2.05) is 44.2 Å². The van der Waals surface area contributed by atoms with Gasteiger partial charge >= 0.3 is 0 Å². The molecule has 0 heterocycles. The van der Waals surface area contributed by atoms with Crippen LogP contribution in [0.1, 0.15) is 31.4 Å². The van der Waals surface area contributed by atoms with Gasteiger partial charge in [-0.3, -0.25) is 9.59 Å². The Labute approximate surface area is 251 Å². The molecule has 0 saturated heterocycles. The lowest BCUT2D eigenvalue weighted by Crippen LogP contribution is -2.54. The van der Waals surface area contributed by atoms with Gasteiger partial charge in [0.15, 0.2) is 0 Å². The molecule has 0 aliphatic carbocycles. The second-order valence-electron chi connectivity index (χ2n) is 9.46. The fourth-order valence-corrected chi connectivity index (χ4v) is 5.76. The van der Waals surface area contributed by atoms with E-state index in [4.69, 9.17) is 34.8 Å². The Morgan fingerprint density at radius 2 is 1.50 bits per heavy atom. The predicted octanol–water partition coefficient (Wildman–Crippen LogP) is 5.82. The van der Waals surface area contributed by atoms with E-state index in [0.717, 1.165) is 9.87 Å². The number of carbonyl (C=O) groups is 2. The average molecular weight is 625 g/mol. The van der Waals surface area contributed by atoms with Gasteiger partial charge in [0.1, 0.15) is 6.04 Å². The van der Waals surface area contributed by atoms with Gasteiger partial charge in [-0.2, -0.15) is 4.31 Å². The molecule has 1 N–H and O–H groups in total. The fourth-order valence-electron chi connectivity index (χ4n) is 4.00. The molecular weight excluding hydrogens is 593 g/mol. The number of amides is 2. The summed E-state index contributed by atoms with van der Waals surface area (Å²) in [6.07, 6.45) is 0.890. The highest BCUT2D eigenvalue weighted by atomic mass is 35.5. The first-order valence-electron chi connectivity index (χ1n) is 12.7. The number of halogens is 3. The van der Waals surface area contributed by atoms with Gasteiger partial charge in [-0.25, -0.2) is 8.42 Å². The zero-order valence-corrected chi connectivity index (χ0v) is 25.6. The average Bonchev–Trinajstić information content (AvgIpc) is 2.92. The van der Waals surface area contributed by atoms with Crippen molar-refractivity contribution in [2.75, 3.05) is 13.6 Å². The van der Waals surface area contributed by atoms with Crippen LogP contribution in [0.5, 0.6) is 0 Å². The molecule has 40 heavy (non-hydrogen) atoms. The number of likely N-dealkylation sites (N-methyl/N-ethyl adjacent to an activating group) is 1. The minimum absolute atomic E-state index is 0.0109. The molecule has 0 aromatic heterocycles. The second kappa shape index (κ2) is 14.3. The maximum absolute atomic E-state index is 13.9. The number of hydrogen-bond acceptors (Lipinski definition) is 4. The smallest absolute Gasteiger partial charge is 0.243 e. The van der Waals surface area contributed by atoms with E-state index in [-0.39, 0.29) is 29.8 Å². The Morgan fingerprint density at radius 3 is 2.08 bits per heavy atom. The van der Waals surface area contributed by atoms with E-state index >= 15 is 0 Å². The molecule has 2 atom stereocenters. The third kappa shape index (κ3) is 8.21. The topological polar surface area (TPSA) is 86.8 Å². The molecule has 2 unspecified atom stereocenters. The van der Waals surface area contributed by atoms with Gasteiger partial charge in [0.25, 0.3) is 0 Å². The molecule has 0 bridgehead atoms. The van der Waals surface area contributed by atoms with Gasteiger partial charge in [-0.15, -0.1) is 0 Å². The van der Waals surface area contributed by atoms with Gasteiger partial charge in [0, 0.05) is 46.7 Å². The van der Waals surface area contributed by atoms with E-state index in [9.17, 15) is 18.0 Å². The van der Waals surface area contributed by atoms with Crippen molar-refractivity contribution in [1.82, 2.24) is 14.5 Å². The van der Waals surface area contributed by atoms with Crippen LogP contribution in [0.3, 0.4) is 0 Å². The molecule has 0 saturated carbocycles. The van der Waals surface area contributed by atoms with Gasteiger partial charge in [-0.05, 0) is 55.3 Å². The maximum Gasteiger partial charge on any atom is 0.243 e. The molecule has 214 valence electrons. The Bertz CT molecular complexity index is 1400. The SMILES string of the molecule is CCC(C)NC(=O)C(Cc1ccccc1)N(Cc1c(Cl)cccc1Cl)C(=O)CN(C)S(=O)(=O)c1ccc(Cl)cc1. The largest absolute Gasteiger partial charge is 0.352 e. The Morgan fingerprint density at radius 1 is 0.900 bits per heavy atom. The molecule has 2 amide bonds. The number of rotatable bonds is 12. The minimum atomic E-state index is -4.03. The zero-order valence-electron chi connectivity index (χ0n) is 22.5. The lowest BCUT2D eigenvalue weighted by atomic mass is 10.0. The van der Waals surface area contributed by atoms with Gasteiger partial charge in [-0.1, -0.05) is 78.1 Å². The Hall–Kier alpha value is -2.62. The maximum atomic E-state index is 13.9. The van der Waals surface area contributed by atoms with E-state index < -0.39 is 28.5 Å². The molecular formula is C29H32Cl3N3O4S. The molecule has 11 heteroatoms. The highest BCUT2D eigenvalue weighted by Gasteiger charge is 2.34. The summed E-state index contributed by atoms with van der Waals surface area (Å²) in [5.74, 6) is -0.950. The highest BCUT2D eigenvalue weighted by molar-refractivity contribution is 7.89. The van der Waals surface area contributed by atoms with Crippen molar-refractivity contribution < 1.29 is 18.0 Å². The van der Waals surface area contributed by atoms with Crippen LogP contribution in [-0.4, -0.2) is 55.1 Å². The molecule has 0 fully saturated rings. The molecule has 0 radical (unpaired) electrons. The monoisotopic (exact) mass is 623 g/mol. The molecule has 0 aliphatic heterocycles. The first-order chi connectivity index (χ1) is 18.9. The summed E-state index contributed by atoms with van der Waals surface area (Å²) in [6, 6.07) is 18.8.